The van der Waals surface area contributed by atoms with E-state index < -0.39 is 60.2 Å². The van der Waals surface area contributed by atoms with E-state index in [1.54, 1.807) is 23.8 Å². The zero-order chi connectivity index (χ0) is 40.0. The highest BCUT2D eigenvalue weighted by Crippen LogP contribution is 2.29. The maximum absolute atomic E-state index is 14.1. The van der Waals surface area contributed by atoms with E-state index in [0.29, 0.717) is 25.8 Å². The van der Waals surface area contributed by atoms with Crippen molar-refractivity contribution in [1.82, 2.24) is 25.3 Å². The Kier molecular flexibility index (Phi) is 18.9. The summed E-state index contributed by atoms with van der Waals surface area (Å²) in [5.41, 5.74) is 6.69. The third-order valence-corrected chi connectivity index (χ3v) is 10.7. The first-order valence-corrected chi connectivity index (χ1v) is 18.9. The summed E-state index contributed by atoms with van der Waals surface area (Å²) in [6.07, 6.45) is 0.974. The molecule has 0 saturated carbocycles. The summed E-state index contributed by atoms with van der Waals surface area (Å²) in [5.74, 6) is -3.20. The van der Waals surface area contributed by atoms with Gasteiger partial charge in [-0.25, -0.2) is 4.79 Å². The van der Waals surface area contributed by atoms with Gasteiger partial charge in [0.2, 0.25) is 23.6 Å². The van der Waals surface area contributed by atoms with E-state index in [-0.39, 0.29) is 55.4 Å². The molecule has 8 unspecified atom stereocenters. The number of carbonyl (C=O) groups is 5. The van der Waals surface area contributed by atoms with Crippen molar-refractivity contribution in [3.05, 3.63) is 35.9 Å². The molecule has 1 heterocycles. The van der Waals surface area contributed by atoms with E-state index in [1.807, 2.05) is 77.0 Å². The van der Waals surface area contributed by atoms with Gasteiger partial charge in [0, 0.05) is 34.2 Å². The van der Waals surface area contributed by atoms with Crippen LogP contribution in [0.2, 0.25) is 0 Å². The Morgan fingerprint density at radius 2 is 1.58 bits per heavy atom. The molecule has 14 heteroatoms. The van der Waals surface area contributed by atoms with Gasteiger partial charge in [0.25, 0.3) is 0 Å². The Hall–Kier alpha value is -3.59. The Morgan fingerprint density at radius 1 is 0.962 bits per heavy atom. The number of carbonyl (C=O) groups excluding carboxylic acids is 4. The van der Waals surface area contributed by atoms with Crippen LogP contribution >= 0.6 is 0 Å². The first-order valence-electron chi connectivity index (χ1n) is 18.9. The minimum absolute atomic E-state index is 0.0129. The van der Waals surface area contributed by atoms with Crippen molar-refractivity contribution >= 4 is 29.6 Å². The molecule has 1 fully saturated rings. The van der Waals surface area contributed by atoms with E-state index >= 15 is 0 Å². The summed E-state index contributed by atoms with van der Waals surface area (Å²) in [4.78, 5) is 72.2. The van der Waals surface area contributed by atoms with Gasteiger partial charge in [0.05, 0.1) is 42.7 Å². The minimum Gasteiger partial charge on any atom is -0.480 e. The molecule has 300 valence electrons. The van der Waals surface area contributed by atoms with E-state index in [1.165, 1.54) is 14.2 Å². The lowest BCUT2D eigenvalue weighted by molar-refractivity contribution is -0.148. The number of nitrogens with zero attached hydrogens (tertiary/aromatic N) is 3. The largest absolute Gasteiger partial charge is 0.480 e. The number of hydrogen-bond acceptors (Lipinski definition) is 9. The SMILES string of the molecule is CCC(C)C(C(CC(=O)N1CCC[C@H]1C(OC)C(C)C(=O)NC(Cc1ccccc1)C(=O)O)OC)N(C)C(=O)C(CCN)NC(=O)C(C(C)C)N(C)C. The fourth-order valence-electron chi connectivity index (χ4n) is 7.72. The number of nitrogens with two attached hydrogens (primary N) is 1. The van der Waals surface area contributed by atoms with Gasteiger partial charge in [0.15, 0.2) is 0 Å². The van der Waals surface area contributed by atoms with Crippen LogP contribution in [0, 0.1) is 17.8 Å². The van der Waals surface area contributed by atoms with Crippen LogP contribution in [-0.4, -0.2) is 140 Å². The highest BCUT2D eigenvalue weighted by Gasteiger charge is 2.43. The van der Waals surface area contributed by atoms with Crippen LogP contribution in [0.25, 0.3) is 0 Å². The Balaban J connectivity index is 2.26. The van der Waals surface area contributed by atoms with Gasteiger partial charge in [-0.2, -0.15) is 0 Å². The summed E-state index contributed by atoms with van der Waals surface area (Å²) in [6.45, 7) is 10.2. The van der Waals surface area contributed by atoms with Crippen LogP contribution in [-0.2, 0) is 39.9 Å². The van der Waals surface area contributed by atoms with Crippen LogP contribution in [0.5, 0.6) is 0 Å². The van der Waals surface area contributed by atoms with E-state index in [4.69, 9.17) is 15.2 Å². The van der Waals surface area contributed by atoms with Crippen molar-refractivity contribution in [1.29, 1.82) is 0 Å². The number of aliphatic carboxylic acids is 1. The first-order chi connectivity index (χ1) is 25.0. The van der Waals surface area contributed by atoms with Crippen molar-refractivity contribution in [2.45, 2.75) is 116 Å². The molecule has 1 aliphatic heterocycles. The number of rotatable bonds is 22. The summed E-state index contributed by atoms with van der Waals surface area (Å²) < 4.78 is 11.8. The van der Waals surface area contributed by atoms with Gasteiger partial charge in [-0.05, 0) is 57.3 Å². The number of ether oxygens (including phenoxy) is 2. The van der Waals surface area contributed by atoms with Gasteiger partial charge in [0.1, 0.15) is 12.1 Å². The van der Waals surface area contributed by atoms with Crippen LogP contribution < -0.4 is 16.4 Å². The standard InChI is InChI=1S/C39H66N6O8/c1-11-25(4)34(44(8)38(49)28(19-20-40)41-37(48)33(24(2)3)43(6)7)31(52-9)23-32(46)45-21-15-18-30(45)35(53-10)26(5)36(47)42-29(39(50)51)22-27-16-13-12-14-17-27/h12-14,16-17,24-26,28-31,33-35H,11,15,18-23,40H2,1-10H3,(H,41,48)(H,42,47)(H,50,51)/t25?,26?,28?,29?,30-,31?,33?,34?,35?/m0/s1. The van der Waals surface area contributed by atoms with Gasteiger partial charge >= 0.3 is 5.97 Å². The molecule has 1 saturated heterocycles. The lowest BCUT2D eigenvalue weighted by Crippen LogP contribution is -2.59. The van der Waals surface area contributed by atoms with Crippen molar-refractivity contribution in [2.75, 3.05) is 48.5 Å². The average Bonchev–Trinajstić information content (AvgIpc) is 3.60. The zero-order valence-electron chi connectivity index (χ0n) is 33.5. The highest BCUT2D eigenvalue weighted by atomic mass is 16.5. The summed E-state index contributed by atoms with van der Waals surface area (Å²) in [7, 11) is 8.34. The number of methoxy groups -OCH3 is 2. The molecule has 14 nitrogen and oxygen atoms in total. The number of carboxylic acid groups (broad SMARTS) is 1. The topological polar surface area (TPSA) is 184 Å². The van der Waals surface area contributed by atoms with Crippen LogP contribution in [0.1, 0.15) is 72.3 Å². The van der Waals surface area contributed by atoms with E-state index in [2.05, 4.69) is 10.6 Å². The Bertz CT molecular complexity index is 1320. The average molecular weight is 747 g/mol. The second-order valence-corrected chi connectivity index (χ2v) is 15.0. The van der Waals surface area contributed by atoms with E-state index in [0.717, 1.165) is 5.56 Å². The molecule has 53 heavy (non-hydrogen) atoms. The minimum atomic E-state index is -1.14. The molecule has 1 aromatic carbocycles. The normalized spacial score (nSPS) is 19.1. The lowest BCUT2D eigenvalue weighted by atomic mass is 9.89. The number of carboxylic acids is 1. The molecular weight excluding hydrogens is 680 g/mol. The third kappa shape index (κ3) is 12.5. The molecule has 0 spiro atoms. The molecule has 0 bridgehead atoms. The maximum Gasteiger partial charge on any atom is 0.326 e. The van der Waals surface area contributed by atoms with Gasteiger partial charge in [-0.3, -0.25) is 24.1 Å². The second-order valence-electron chi connectivity index (χ2n) is 15.0. The van der Waals surface area contributed by atoms with Crippen molar-refractivity contribution in [3.8, 4) is 0 Å². The highest BCUT2D eigenvalue weighted by molar-refractivity contribution is 5.90. The Labute approximate surface area is 316 Å². The maximum atomic E-state index is 14.1. The molecular formula is C39H66N6O8. The fraction of sp³-hybridized carbons (Fsp3) is 0.718. The Morgan fingerprint density at radius 3 is 2.09 bits per heavy atom. The van der Waals surface area contributed by atoms with Gasteiger partial charge in [-0.1, -0.05) is 71.4 Å². The van der Waals surface area contributed by atoms with Crippen LogP contribution in [0.4, 0.5) is 0 Å². The van der Waals surface area contributed by atoms with Gasteiger partial charge in [-0.15, -0.1) is 0 Å². The summed E-state index contributed by atoms with van der Waals surface area (Å²) in [5, 5.41) is 15.5. The quantitative estimate of drug-likeness (QED) is 0.137. The van der Waals surface area contributed by atoms with Crippen molar-refractivity contribution < 1.29 is 38.6 Å². The smallest absolute Gasteiger partial charge is 0.326 e. The zero-order valence-corrected chi connectivity index (χ0v) is 33.5. The van der Waals surface area contributed by atoms with Crippen molar-refractivity contribution in [3.63, 3.8) is 0 Å². The lowest BCUT2D eigenvalue weighted by Gasteiger charge is -2.40. The molecule has 9 atom stereocenters. The van der Waals surface area contributed by atoms with Crippen LogP contribution in [0.3, 0.4) is 0 Å². The fourth-order valence-corrected chi connectivity index (χ4v) is 7.72. The second kappa shape index (κ2) is 21.9. The van der Waals surface area contributed by atoms with Crippen LogP contribution in [0.15, 0.2) is 30.3 Å². The number of likely N-dealkylation sites (N-methyl/N-ethyl adjacent to an activating group) is 2. The number of nitrogens with one attached hydrogen (secondary N) is 2. The number of hydrogen-bond donors (Lipinski definition) is 4. The number of amides is 4. The van der Waals surface area contributed by atoms with E-state index in [9.17, 15) is 29.1 Å². The molecule has 5 N–H and O–H groups in total. The van der Waals surface area contributed by atoms with Gasteiger partial charge < -0.3 is 40.7 Å². The molecule has 1 aliphatic rings. The molecule has 4 amide bonds. The predicted octanol–water partition coefficient (Wildman–Crippen LogP) is 2.14. The molecule has 0 radical (unpaired) electrons. The molecule has 2 rings (SSSR count). The molecule has 0 aromatic heterocycles. The summed E-state index contributed by atoms with van der Waals surface area (Å²) >= 11 is 0. The van der Waals surface area contributed by atoms with Crippen molar-refractivity contribution in [2.24, 2.45) is 23.5 Å². The monoisotopic (exact) mass is 746 g/mol. The predicted molar refractivity (Wildman–Crippen MR) is 204 cm³/mol. The molecule has 1 aromatic rings. The first kappa shape index (κ1) is 45.6. The third-order valence-electron chi connectivity index (χ3n) is 10.7. The molecule has 0 aliphatic carbocycles. The number of likely N-dealkylation sites (tertiary alicyclic amines) is 1. The number of benzene rings is 1. The summed E-state index contributed by atoms with van der Waals surface area (Å²) in [6, 6.07) is 5.72.